The minimum Gasteiger partial charge on any atom is -0.313 e. The van der Waals surface area contributed by atoms with Crippen molar-refractivity contribution in [2.24, 2.45) is 0 Å². The van der Waals surface area contributed by atoms with Crippen LogP contribution in [-0.2, 0) is 0 Å². The van der Waals surface area contributed by atoms with E-state index >= 15 is 0 Å². The van der Waals surface area contributed by atoms with Gasteiger partial charge >= 0.3 is 0 Å². The highest BCUT2D eigenvalue weighted by Crippen LogP contribution is 2.33. The average Bonchev–Trinajstić information content (AvgIpc) is 2.76. The summed E-state index contributed by atoms with van der Waals surface area (Å²) in [6.07, 6.45) is 3.24. The quantitative estimate of drug-likeness (QED) is 0.796. The highest BCUT2D eigenvalue weighted by atomic mass is 32.1. The number of thiophene rings is 1. The second kappa shape index (κ2) is 4.00. The molecule has 2 aromatic rings. The molecular formula is C13H12FNS. The second-order valence-electron chi connectivity index (χ2n) is 3.95. The summed E-state index contributed by atoms with van der Waals surface area (Å²) >= 11 is 1.68. The van der Waals surface area contributed by atoms with E-state index in [1.54, 1.807) is 17.4 Å². The largest absolute Gasteiger partial charge is 0.313 e. The lowest BCUT2D eigenvalue weighted by Gasteiger charge is -2.11. The molecule has 16 heavy (non-hydrogen) atoms. The van der Waals surface area contributed by atoms with E-state index in [4.69, 9.17) is 0 Å². The first kappa shape index (κ1) is 10.00. The summed E-state index contributed by atoms with van der Waals surface area (Å²) < 4.78 is 14.6. The molecule has 0 radical (unpaired) electrons. The molecule has 1 aliphatic heterocycles. The number of halogens is 1. The SMILES string of the molecule is Fc1cccc2sc(C3=CCNCC3)cc12. The Morgan fingerprint density at radius 1 is 1.31 bits per heavy atom. The molecule has 0 fully saturated rings. The average molecular weight is 233 g/mol. The van der Waals surface area contributed by atoms with Crippen LogP contribution < -0.4 is 5.32 Å². The summed E-state index contributed by atoms with van der Waals surface area (Å²) in [5.74, 6) is -0.116. The Hall–Kier alpha value is -1.19. The predicted molar refractivity (Wildman–Crippen MR) is 67.2 cm³/mol. The number of fused-ring (bicyclic) bond motifs is 1. The summed E-state index contributed by atoms with van der Waals surface area (Å²) in [4.78, 5) is 1.21. The maximum Gasteiger partial charge on any atom is 0.131 e. The van der Waals surface area contributed by atoms with Crippen molar-refractivity contribution in [1.29, 1.82) is 0 Å². The minimum absolute atomic E-state index is 0.116. The van der Waals surface area contributed by atoms with Gasteiger partial charge in [-0.25, -0.2) is 4.39 Å². The van der Waals surface area contributed by atoms with E-state index in [1.165, 1.54) is 16.5 Å². The van der Waals surface area contributed by atoms with Gasteiger partial charge in [0.15, 0.2) is 0 Å². The van der Waals surface area contributed by atoms with Gasteiger partial charge in [-0.15, -0.1) is 11.3 Å². The van der Waals surface area contributed by atoms with Crippen molar-refractivity contribution in [2.45, 2.75) is 6.42 Å². The lowest BCUT2D eigenvalue weighted by molar-refractivity contribution is 0.640. The molecule has 1 N–H and O–H groups in total. The highest BCUT2D eigenvalue weighted by molar-refractivity contribution is 7.20. The third-order valence-corrected chi connectivity index (χ3v) is 4.06. The summed E-state index contributed by atoms with van der Waals surface area (Å²) in [6, 6.07) is 7.26. The molecule has 1 aromatic heterocycles. The standard InChI is InChI=1S/C13H12FNS/c14-11-2-1-3-12-10(11)8-13(16-12)9-4-6-15-7-5-9/h1-4,8,15H,5-7H2. The smallest absolute Gasteiger partial charge is 0.131 e. The lowest BCUT2D eigenvalue weighted by atomic mass is 10.1. The molecule has 0 bridgehead atoms. The number of rotatable bonds is 1. The maximum atomic E-state index is 13.5. The van der Waals surface area contributed by atoms with Crippen LogP contribution in [0.2, 0.25) is 0 Å². The van der Waals surface area contributed by atoms with Gasteiger partial charge in [0.05, 0.1) is 0 Å². The number of benzene rings is 1. The van der Waals surface area contributed by atoms with Crippen LogP contribution in [0.1, 0.15) is 11.3 Å². The Morgan fingerprint density at radius 2 is 2.25 bits per heavy atom. The first-order valence-corrected chi connectivity index (χ1v) is 6.24. The molecular weight excluding hydrogens is 221 g/mol. The lowest BCUT2D eigenvalue weighted by Crippen LogP contribution is -2.19. The Kier molecular flexibility index (Phi) is 2.50. The van der Waals surface area contributed by atoms with Crippen LogP contribution in [0.25, 0.3) is 15.7 Å². The minimum atomic E-state index is -0.116. The van der Waals surface area contributed by atoms with E-state index in [1.807, 2.05) is 12.1 Å². The van der Waals surface area contributed by atoms with Gasteiger partial charge in [-0.1, -0.05) is 12.1 Å². The molecule has 1 nitrogen and oxygen atoms in total. The molecule has 0 amide bonds. The van der Waals surface area contributed by atoms with Gasteiger partial charge in [0.1, 0.15) is 5.82 Å². The number of hydrogen-bond donors (Lipinski definition) is 1. The van der Waals surface area contributed by atoms with E-state index in [9.17, 15) is 4.39 Å². The van der Waals surface area contributed by atoms with Gasteiger partial charge in [-0.3, -0.25) is 0 Å². The summed E-state index contributed by atoms with van der Waals surface area (Å²) in [7, 11) is 0. The van der Waals surface area contributed by atoms with E-state index in [2.05, 4.69) is 11.4 Å². The Labute approximate surface area is 97.6 Å². The van der Waals surface area contributed by atoms with Gasteiger partial charge in [0, 0.05) is 21.5 Å². The molecule has 0 spiro atoms. The van der Waals surface area contributed by atoms with Crippen molar-refractivity contribution in [3.63, 3.8) is 0 Å². The molecule has 1 aromatic carbocycles. The Balaban J connectivity index is 2.11. The molecule has 0 unspecified atom stereocenters. The fourth-order valence-corrected chi connectivity index (χ4v) is 3.17. The molecule has 3 rings (SSSR count). The van der Waals surface area contributed by atoms with Crippen LogP contribution in [0, 0.1) is 5.82 Å². The molecule has 1 aliphatic rings. The number of hydrogen-bond acceptors (Lipinski definition) is 2. The van der Waals surface area contributed by atoms with E-state index in [0.717, 1.165) is 29.6 Å². The second-order valence-corrected chi connectivity index (χ2v) is 5.03. The zero-order valence-electron chi connectivity index (χ0n) is 8.79. The van der Waals surface area contributed by atoms with E-state index < -0.39 is 0 Å². The van der Waals surface area contributed by atoms with Crippen LogP contribution in [0.15, 0.2) is 30.3 Å². The normalized spacial score (nSPS) is 16.4. The molecule has 82 valence electrons. The van der Waals surface area contributed by atoms with Crippen molar-refractivity contribution in [2.75, 3.05) is 13.1 Å². The van der Waals surface area contributed by atoms with Crippen LogP contribution >= 0.6 is 11.3 Å². The summed E-state index contributed by atoms with van der Waals surface area (Å²) in [5.41, 5.74) is 1.35. The van der Waals surface area contributed by atoms with Crippen molar-refractivity contribution < 1.29 is 4.39 Å². The summed E-state index contributed by atoms with van der Waals surface area (Å²) in [5, 5.41) is 4.04. The van der Waals surface area contributed by atoms with Crippen LogP contribution in [0.5, 0.6) is 0 Å². The highest BCUT2D eigenvalue weighted by Gasteiger charge is 2.11. The molecule has 3 heteroatoms. The van der Waals surface area contributed by atoms with E-state index in [0.29, 0.717) is 0 Å². The zero-order chi connectivity index (χ0) is 11.0. The van der Waals surface area contributed by atoms with Crippen molar-refractivity contribution >= 4 is 27.0 Å². The predicted octanol–water partition coefficient (Wildman–Crippen LogP) is 3.42. The molecule has 0 aliphatic carbocycles. The van der Waals surface area contributed by atoms with Gasteiger partial charge < -0.3 is 5.32 Å². The molecule has 0 saturated carbocycles. The van der Waals surface area contributed by atoms with Crippen molar-refractivity contribution in [3.05, 3.63) is 41.0 Å². The Bertz CT molecular complexity index is 556. The van der Waals surface area contributed by atoms with Gasteiger partial charge in [-0.2, -0.15) is 0 Å². The van der Waals surface area contributed by atoms with Crippen LogP contribution in [0.4, 0.5) is 4.39 Å². The molecule has 0 saturated heterocycles. The molecule has 2 heterocycles. The van der Waals surface area contributed by atoms with E-state index in [-0.39, 0.29) is 5.82 Å². The monoisotopic (exact) mass is 233 g/mol. The maximum absolute atomic E-state index is 13.5. The Morgan fingerprint density at radius 3 is 3.00 bits per heavy atom. The van der Waals surface area contributed by atoms with Gasteiger partial charge in [-0.05, 0) is 36.7 Å². The fourth-order valence-electron chi connectivity index (χ4n) is 2.03. The molecule has 0 atom stereocenters. The zero-order valence-corrected chi connectivity index (χ0v) is 9.61. The number of nitrogens with one attached hydrogen (secondary N) is 1. The van der Waals surface area contributed by atoms with Crippen LogP contribution in [0.3, 0.4) is 0 Å². The van der Waals surface area contributed by atoms with Crippen molar-refractivity contribution in [3.8, 4) is 0 Å². The fraction of sp³-hybridized carbons (Fsp3) is 0.231. The first-order chi connectivity index (χ1) is 7.84. The van der Waals surface area contributed by atoms with Gasteiger partial charge in [0.2, 0.25) is 0 Å². The van der Waals surface area contributed by atoms with Gasteiger partial charge in [0.25, 0.3) is 0 Å². The third kappa shape index (κ3) is 1.66. The van der Waals surface area contributed by atoms with Crippen LogP contribution in [-0.4, -0.2) is 13.1 Å². The first-order valence-electron chi connectivity index (χ1n) is 5.43. The topological polar surface area (TPSA) is 12.0 Å². The van der Waals surface area contributed by atoms with Crippen molar-refractivity contribution in [1.82, 2.24) is 5.32 Å². The summed E-state index contributed by atoms with van der Waals surface area (Å²) in [6.45, 7) is 1.94. The third-order valence-electron chi connectivity index (χ3n) is 2.89.